The van der Waals surface area contributed by atoms with E-state index in [0.717, 1.165) is 35.9 Å². The van der Waals surface area contributed by atoms with Gasteiger partial charge >= 0.3 is 6.03 Å². The second-order valence-electron chi connectivity index (χ2n) is 8.42. The van der Waals surface area contributed by atoms with Crippen LogP contribution in [-0.4, -0.2) is 41.2 Å². The highest BCUT2D eigenvalue weighted by molar-refractivity contribution is 5.88. The molecule has 6 heteroatoms. The van der Waals surface area contributed by atoms with Crippen molar-refractivity contribution >= 4 is 16.9 Å². The number of ether oxygens (including phenoxy) is 1. The van der Waals surface area contributed by atoms with Crippen LogP contribution in [0.15, 0.2) is 48.7 Å². The van der Waals surface area contributed by atoms with Crippen LogP contribution in [0.1, 0.15) is 30.9 Å². The van der Waals surface area contributed by atoms with Crippen molar-refractivity contribution in [1.82, 2.24) is 15.4 Å². The van der Waals surface area contributed by atoms with Crippen molar-refractivity contribution < 1.29 is 14.4 Å². The van der Waals surface area contributed by atoms with E-state index in [0.29, 0.717) is 19.7 Å². The maximum absolute atomic E-state index is 12.1. The summed E-state index contributed by atoms with van der Waals surface area (Å²) in [5, 5.41) is 1.16. The van der Waals surface area contributed by atoms with Gasteiger partial charge in [-0.05, 0) is 54.3 Å². The van der Waals surface area contributed by atoms with Gasteiger partial charge in [0, 0.05) is 43.9 Å². The molecule has 6 nitrogen and oxygen atoms in total. The lowest BCUT2D eigenvalue weighted by molar-refractivity contribution is 0.0137. The first-order chi connectivity index (χ1) is 15.1. The fraction of sp³-hybridized carbons (Fsp3) is 0.360. The van der Waals surface area contributed by atoms with Crippen molar-refractivity contribution in [1.29, 1.82) is 0 Å². The Hall–Kier alpha value is -3.12. The van der Waals surface area contributed by atoms with Gasteiger partial charge in [-0.1, -0.05) is 24.3 Å². The lowest BCUT2D eigenvalue weighted by Crippen LogP contribution is -2.51. The van der Waals surface area contributed by atoms with Gasteiger partial charge in [0.1, 0.15) is 11.4 Å². The number of piperidine rings is 1. The number of urea groups is 1. The Morgan fingerprint density at radius 1 is 1.23 bits per heavy atom. The first-order valence-corrected chi connectivity index (χ1v) is 10.9. The molecule has 0 unspecified atom stereocenters. The lowest BCUT2D eigenvalue weighted by Gasteiger charge is -2.38. The Morgan fingerprint density at radius 2 is 2.06 bits per heavy atom. The third kappa shape index (κ3) is 3.61. The highest BCUT2D eigenvalue weighted by atomic mass is 16.7. The molecule has 3 heterocycles. The minimum absolute atomic E-state index is 0.171. The predicted molar refractivity (Wildman–Crippen MR) is 120 cm³/mol. The third-order valence-electron chi connectivity index (χ3n) is 6.50. The van der Waals surface area contributed by atoms with Crippen LogP contribution in [0.5, 0.6) is 5.75 Å². The molecule has 0 radical (unpaired) electrons. The summed E-state index contributed by atoms with van der Waals surface area (Å²) in [5.74, 6) is 0.965. The molecule has 1 aromatic heterocycles. The molecule has 0 aliphatic carbocycles. The number of carbonyl (C=O) groups excluding carboxylic acids is 1. The Bertz CT molecular complexity index is 1140. The van der Waals surface area contributed by atoms with Gasteiger partial charge in [-0.15, -0.1) is 0 Å². The number of hydrogen-bond acceptors (Lipinski definition) is 4. The zero-order chi connectivity index (χ0) is 21.4. The predicted octanol–water partition coefficient (Wildman–Crippen LogP) is 4.64. The van der Waals surface area contributed by atoms with Gasteiger partial charge in [-0.3, -0.25) is 9.82 Å². The van der Waals surface area contributed by atoms with Crippen LogP contribution in [0.25, 0.3) is 22.0 Å². The molecular formula is C25H27N3O3. The second-order valence-corrected chi connectivity index (χ2v) is 8.42. The summed E-state index contributed by atoms with van der Waals surface area (Å²) in [6.07, 6.45) is 4.35. The van der Waals surface area contributed by atoms with E-state index < -0.39 is 0 Å². The SMILES string of the molecule is CCONC(=O)N1CCC2(CC1)Cc1cc(-c3ccc4cccnc4c3C)ccc1O2. The van der Waals surface area contributed by atoms with Gasteiger partial charge in [0.05, 0.1) is 12.1 Å². The molecule has 2 aliphatic heterocycles. The number of nitrogens with one attached hydrogen (secondary N) is 1. The van der Waals surface area contributed by atoms with E-state index in [9.17, 15) is 4.79 Å². The molecule has 31 heavy (non-hydrogen) atoms. The second kappa shape index (κ2) is 7.85. The number of amides is 2. The molecule has 0 bridgehead atoms. The molecule has 2 aliphatic rings. The topological polar surface area (TPSA) is 63.7 Å². The largest absolute Gasteiger partial charge is 0.487 e. The Morgan fingerprint density at radius 3 is 2.87 bits per heavy atom. The summed E-state index contributed by atoms with van der Waals surface area (Å²) in [7, 11) is 0. The number of hydroxylamine groups is 1. The van der Waals surface area contributed by atoms with E-state index in [1.807, 2.05) is 19.2 Å². The summed E-state index contributed by atoms with van der Waals surface area (Å²) in [5.41, 5.74) is 8.15. The number of aryl methyl sites for hydroxylation is 1. The van der Waals surface area contributed by atoms with E-state index in [1.54, 1.807) is 4.90 Å². The number of carbonyl (C=O) groups is 1. The molecule has 3 aromatic rings. The zero-order valence-corrected chi connectivity index (χ0v) is 18.0. The quantitative estimate of drug-likeness (QED) is 0.631. The summed E-state index contributed by atoms with van der Waals surface area (Å²) in [4.78, 5) is 23.6. The van der Waals surface area contributed by atoms with Crippen molar-refractivity contribution in [3.8, 4) is 16.9 Å². The van der Waals surface area contributed by atoms with Crippen LogP contribution < -0.4 is 10.2 Å². The molecule has 1 N–H and O–H groups in total. The number of pyridine rings is 1. The first kappa shape index (κ1) is 19.8. The molecule has 5 rings (SSSR count). The molecule has 1 spiro atoms. The van der Waals surface area contributed by atoms with Gasteiger partial charge in [-0.25, -0.2) is 10.3 Å². The van der Waals surface area contributed by atoms with Crippen LogP contribution in [0.2, 0.25) is 0 Å². The van der Waals surface area contributed by atoms with Gasteiger partial charge in [0.15, 0.2) is 0 Å². The number of benzene rings is 2. The Labute approximate surface area is 182 Å². The highest BCUT2D eigenvalue weighted by Gasteiger charge is 2.43. The van der Waals surface area contributed by atoms with E-state index in [-0.39, 0.29) is 11.6 Å². The minimum Gasteiger partial charge on any atom is -0.487 e. The zero-order valence-electron chi connectivity index (χ0n) is 18.0. The van der Waals surface area contributed by atoms with Crippen LogP contribution in [-0.2, 0) is 11.3 Å². The van der Waals surface area contributed by atoms with Crippen LogP contribution in [0, 0.1) is 6.92 Å². The molecule has 0 atom stereocenters. The summed E-state index contributed by atoms with van der Waals surface area (Å²) in [6.45, 7) is 5.76. The van der Waals surface area contributed by atoms with Gasteiger partial charge in [0.25, 0.3) is 0 Å². The number of nitrogens with zero attached hydrogens (tertiary/aromatic N) is 2. The molecule has 2 amide bonds. The molecule has 0 saturated carbocycles. The molecule has 2 aromatic carbocycles. The molecular weight excluding hydrogens is 390 g/mol. The Kier molecular flexibility index (Phi) is 5.02. The van der Waals surface area contributed by atoms with Crippen molar-refractivity contribution in [2.24, 2.45) is 0 Å². The van der Waals surface area contributed by atoms with Crippen LogP contribution in [0.3, 0.4) is 0 Å². The third-order valence-corrected chi connectivity index (χ3v) is 6.50. The smallest absolute Gasteiger partial charge is 0.341 e. The van der Waals surface area contributed by atoms with Crippen LogP contribution in [0.4, 0.5) is 4.79 Å². The van der Waals surface area contributed by atoms with Gasteiger partial charge in [0.2, 0.25) is 0 Å². The number of rotatable bonds is 3. The normalized spacial score (nSPS) is 16.9. The number of hydrogen-bond donors (Lipinski definition) is 1. The minimum atomic E-state index is -0.219. The maximum Gasteiger partial charge on any atom is 0.341 e. The maximum atomic E-state index is 12.1. The average Bonchev–Trinajstić information content (AvgIpc) is 3.15. The molecule has 1 fully saturated rings. The number of likely N-dealkylation sites (tertiary alicyclic amines) is 1. The lowest BCUT2D eigenvalue weighted by atomic mass is 9.86. The highest BCUT2D eigenvalue weighted by Crippen LogP contribution is 2.43. The van der Waals surface area contributed by atoms with Crippen molar-refractivity contribution in [2.45, 2.75) is 38.7 Å². The summed E-state index contributed by atoms with van der Waals surface area (Å²) >= 11 is 0. The van der Waals surface area contributed by atoms with E-state index in [4.69, 9.17) is 9.57 Å². The number of fused-ring (bicyclic) bond motifs is 2. The fourth-order valence-corrected chi connectivity index (χ4v) is 4.80. The average molecular weight is 418 g/mol. The van der Waals surface area contributed by atoms with Crippen molar-refractivity contribution in [3.63, 3.8) is 0 Å². The van der Waals surface area contributed by atoms with Crippen molar-refractivity contribution in [2.75, 3.05) is 19.7 Å². The standard InChI is InChI=1S/C25H27N3O3/c1-3-30-27-24(29)28-13-10-25(11-14-28)16-20-15-19(7-9-22(20)31-25)21-8-6-18-5-4-12-26-23(18)17(21)2/h4-9,12,15H,3,10-11,13-14,16H2,1-2H3,(H,27,29). The fourth-order valence-electron chi connectivity index (χ4n) is 4.80. The molecule has 1 saturated heterocycles. The summed E-state index contributed by atoms with van der Waals surface area (Å²) < 4.78 is 6.43. The number of aromatic nitrogens is 1. The van der Waals surface area contributed by atoms with E-state index in [2.05, 4.69) is 53.8 Å². The van der Waals surface area contributed by atoms with Gasteiger partial charge in [-0.2, -0.15) is 0 Å². The first-order valence-electron chi connectivity index (χ1n) is 10.9. The Balaban J connectivity index is 1.34. The molecule has 160 valence electrons. The van der Waals surface area contributed by atoms with E-state index >= 15 is 0 Å². The van der Waals surface area contributed by atoms with Crippen LogP contribution >= 0.6 is 0 Å². The van der Waals surface area contributed by atoms with E-state index in [1.165, 1.54) is 22.3 Å². The van der Waals surface area contributed by atoms with Gasteiger partial charge < -0.3 is 9.64 Å². The monoisotopic (exact) mass is 417 g/mol. The van der Waals surface area contributed by atoms with Crippen molar-refractivity contribution in [3.05, 3.63) is 59.8 Å². The summed E-state index contributed by atoms with van der Waals surface area (Å²) in [6, 6.07) is 14.7.